The predicted molar refractivity (Wildman–Crippen MR) is 55.3 cm³/mol. The van der Waals surface area contributed by atoms with Gasteiger partial charge < -0.3 is 4.84 Å². The number of benzene rings is 1. The van der Waals surface area contributed by atoms with E-state index >= 15 is 0 Å². The summed E-state index contributed by atoms with van der Waals surface area (Å²) < 4.78 is 0. The smallest absolute Gasteiger partial charge is 0.168 e. The number of aryl methyl sites for hydroxylation is 1. The van der Waals surface area contributed by atoms with E-state index in [2.05, 4.69) is 29.4 Å². The lowest BCUT2D eigenvalue weighted by atomic mass is 9.91. The Balaban J connectivity index is 2.06. The first-order valence-electron chi connectivity index (χ1n) is 5.10. The predicted octanol–water partition coefficient (Wildman–Crippen LogP) is 2.62. The third-order valence-corrected chi connectivity index (χ3v) is 3.22. The first-order valence-corrected chi connectivity index (χ1v) is 5.10. The van der Waals surface area contributed by atoms with Gasteiger partial charge in [-0.2, -0.15) is 0 Å². The molecule has 0 N–H and O–H groups in total. The molecule has 0 saturated carbocycles. The average molecular weight is 187 g/mol. The topological polar surface area (TPSA) is 21.6 Å². The van der Waals surface area contributed by atoms with Crippen LogP contribution in [0.4, 0.5) is 0 Å². The monoisotopic (exact) mass is 187 g/mol. The SMILES string of the molecule is CC1=NOC2(CCc3ccccc32)C1. The van der Waals surface area contributed by atoms with Gasteiger partial charge in [0.25, 0.3) is 0 Å². The Morgan fingerprint density at radius 3 is 3.00 bits per heavy atom. The van der Waals surface area contributed by atoms with Crippen LogP contribution < -0.4 is 0 Å². The van der Waals surface area contributed by atoms with Gasteiger partial charge in [-0.05, 0) is 25.3 Å². The van der Waals surface area contributed by atoms with Gasteiger partial charge in [0, 0.05) is 12.0 Å². The van der Waals surface area contributed by atoms with Gasteiger partial charge in [0.2, 0.25) is 0 Å². The minimum Gasteiger partial charge on any atom is -0.384 e. The highest BCUT2D eigenvalue weighted by molar-refractivity contribution is 5.84. The van der Waals surface area contributed by atoms with E-state index in [9.17, 15) is 0 Å². The second-order valence-electron chi connectivity index (χ2n) is 4.25. The molecule has 3 rings (SSSR count). The van der Waals surface area contributed by atoms with E-state index in [1.807, 2.05) is 6.92 Å². The van der Waals surface area contributed by atoms with Crippen LogP contribution in [0.15, 0.2) is 29.4 Å². The normalized spacial score (nSPS) is 28.8. The Kier molecular flexibility index (Phi) is 1.49. The average Bonchev–Trinajstić information content (AvgIpc) is 2.75. The van der Waals surface area contributed by atoms with E-state index in [1.165, 1.54) is 11.1 Å². The van der Waals surface area contributed by atoms with Crippen LogP contribution in [0, 0.1) is 0 Å². The summed E-state index contributed by atoms with van der Waals surface area (Å²) in [5.41, 5.74) is 3.78. The maximum absolute atomic E-state index is 5.63. The summed E-state index contributed by atoms with van der Waals surface area (Å²) in [6.45, 7) is 2.04. The summed E-state index contributed by atoms with van der Waals surface area (Å²) >= 11 is 0. The highest BCUT2D eigenvalue weighted by Gasteiger charge is 2.44. The van der Waals surface area contributed by atoms with E-state index in [1.54, 1.807) is 0 Å². The van der Waals surface area contributed by atoms with Crippen molar-refractivity contribution in [1.82, 2.24) is 0 Å². The molecule has 0 amide bonds. The molecule has 2 heteroatoms. The van der Waals surface area contributed by atoms with Crippen LogP contribution in [-0.2, 0) is 16.9 Å². The second kappa shape index (κ2) is 2.59. The number of nitrogens with zero attached hydrogens (tertiary/aromatic N) is 1. The lowest BCUT2D eigenvalue weighted by Gasteiger charge is -2.21. The van der Waals surface area contributed by atoms with Crippen LogP contribution in [0.25, 0.3) is 0 Å². The summed E-state index contributed by atoms with van der Waals surface area (Å²) in [5.74, 6) is 0. The number of hydrogen-bond acceptors (Lipinski definition) is 2. The molecule has 1 heterocycles. The summed E-state index contributed by atoms with van der Waals surface area (Å²) in [6.07, 6.45) is 3.16. The molecule has 0 radical (unpaired) electrons. The number of rotatable bonds is 0. The van der Waals surface area contributed by atoms with Crippen molar-refractivity contribution < 1.29 is 4.84 Å². The van der Waals surface area contributed by atoms with E-state index < -0.39 is 0 Å². The molecule has 14 heavy (non-hydrogen) atoms. The maximum atomic E-state index is 5.63. The second-order valence-corrected chi connectivity index (χ2v) is 4.25. The van der Waals surface area contributed by atoms with Crippen molar-refractivity contribution in [3.8, 4) is 0 Å². The van der Waals surface area contributed by atoms with Gasteiger partial charge in [-0.3, -0.25) is 0 Å². The van der Waals surface area contributed by atoms with Gasteiger partial charge in [0.1, 0.15) is 0 Å². The third-order valence-electron chi connectivity index (χ3n) is 3.22. The van der Waals surface area contributed by atoms with Crippen LogP contribution in [0.1, 0.15) is 30.9 Å². The van der Waals surface area contributed by atoms with Crippen LogP contribution in [-0.4, -0.2) is 5.71 Å². The molecule has 1 aromatic carbocycles. The van der Waals surface area contributed by atoms with Gasteiger partial charge in [-0.15, -0.1) is 0 Å². The Morgan fingerprint density at radius 1 is 1.36 bits per heavy atom. The molecule has 1 spiro atoms. The summed E-state index contributed by atoms with van der Waals surface area (Å²) in [4.78, 5) is 5.63. The summed E-state index contributed by atoms with van der Waals surface area (Å²) in [6, 6.07) is 8.56. The van der Waals surface area contributed by atoms with E-state index in [0.717, 1.165) is 25.0 Å². The first kappa shape index (κ1) is 8.04. The molecule has 0 aromatic heterocycles. The van der Waals surface area contributed by atoms with Crippen LogP contribution in [0.2, 0.25) is 0 Å². The highest BCUT2D eigenvalue weighted by atomic mass is 16.7. The zero-order chi connectivity index (χ0) is 9.60. The molecule has 1 aliphatic carbocycles. The first-order chi connectivity index (χ1) is 6.80. The molecule has 2 nitrogen and oxygen atoms in total. The van der Waals surface area contributed by atoms with Crippen LogP contribution in [0.3, 0.4) is 0 Å². The van der Waals surface area contributed by atoms with Gasteiger partial charge in [0.15, 0.2) is 5.60 Å². The number of hydrogen-bond donors (Lipinski definition) is 0. The van der Waals surface area contributed by atoms with Gasteiger partial charge in [-0.1, -0.05) is 29.4 Å². The van der Waals surface area contributed by atoms with E-state index in [4.69, 9.17) is 4.84 Å². The minimum absolute atomic E-state index is 0.110. The van der Waals surface area contributed by atoms with Gasteiger partial charge >= 0.3 is 0 Å². The molecule has 1 atom stereocenters. The van der Waals surface area contributed by atoms with Crippen molar-refractivity contribution in [2.45, 2.75) is 31.8 Å². The maximum Gasteiger partial charge on any atom is 0.168 e. The fourth-order valence-corrected chi connectivity index (χ4v) is 2.58. The fourth-order valence-electron chi connectivity index (χ4n) is 2.58. The molecule has 1 aromatic rings. The number of fused-ring (bicyclic) bond motifs is 2. The van der Waals surface area contributed by atoms with E-state index in [0.29, 0.717) is 0 Å². The van der Waals surface area contributed by atoms with Crippen molar-refractivity contribution in [3.05, 3.63) is 35.4 Å². The largest absolute Gasteiger partial charge is 0.384 e. The Labute approximate surface area is 83.6 Å². The summed E-state index contributed by atoms with van der Waals surface area (Å²) in [5, 5.41) is 4.09. The fraction of sp³-hybridized carbons (Fsp3) is 0.417. The van der Waals surface area contributed by atoms with Gasteiger partial charge in [0.05, 0.1) is 5.71 Å². The molecular weight excluding hydrogens is 174 g/mol. The molecule has 0 fully saturated rings. The van der Waals surface area contributed by atoms with E-state index in [-0.39, 0.29) is 5.60 Å². The van der Waals surface area contributed by atoms with Crippen molar-refractivity contribution in [3.63, 3.8) is 0 Å². The van der Waals surface area contributed by atoms with Gasteiger partial charge in [-0.25, -0.2) is 0 Å². The van der Waals surface area contributed by atoms with Crippen molar-refractivity contribution in [2.24, 2.45) is 5.16 Å². The zero-order valence-corrected chi connectivity index (χ0v) is 8.29. The quantitative estimate of drug-likeness (QED) is 0.611. The molecule has 0 saturated heterocycles. The van der Waals surface area contributed by atoms with Crippen LogP contribution >= 0.6 is 0 Å². The zero-order valence-electron chi connectivity index (χ0n) is 8.29. The van der Waals surface area contributed by atoms with Crippen molar-refractivity contribution in [1.29, 1.82) is 0 Å². The Morgan fingerprint density at radius 2 is 2.21 bits per heavy atom. The molecule has 1 unspecified atom stereocenters. The van der Waals surface area contributed by atoms with Crippen molar-refractivity contribution >= 4 is 5.71 Å². The number of oxime groups is 1. The third kappa shape index (κ3) is 0.939. The highest BCUT2D eigenvalue weighted by Crippen LogP contribution is 2.45. The lowest BCUT2D eigenvalue weighted by molar-refractivity contribution is -0.0215. The molecule has 72 valence electrons. The minimum atomic E-state index is -0.110. The van der Waals surface area contributed by atoms with Crippen LogP contribution in [0.5, 0.6) is 0 Å². The lowest BCUT2D eigenvalue weighted by Crippen LogP contribution is -2.22. The van der Waals surface area contributed by atoms with Crippen molar-refractivity contribution in [2.75, 3.05) is 0 Å². The standard InChI is InChI=1S/C12H13NO/c1-9-8-12(14-13-9)7-6-10-4-2-3-5-11(10)12/h2-5H,6-8H2,1H3. The summed E-state index contributed by atoms with van der Waals surface area (Å²) in [7, 11) is 0. The molecule has 2 aliphatic rings. The Bertz CT molecular complexity index is 411. The molecular formula is C12H13NO. The molecule has 0 bridgehead atoms. The molecule has 1 aliphatic heterocycles. The Hall–Kier alpha value is -1.31.